The van der Waals surface area contributed by atoms with E-state index >= 15 is 0 Å². The van der Waals surface area contributed by atoms with Gasteiger partial charge in [-0.2, -0.15) is 0 Å². The van der Waals surface area contributed by atoms with Crippen LogP contribution in [0.25, 0.3) is 0 Å². The predicted molar refractivity (Wildman–Crippen MR) is 94.9 cm³/mol. The average Bonchev–Trinajstić information content (AvgIpc) is 2.91. The number of aromatic nitrogens is 1. The first-order valence-electron chi connectivity index (χ1n) is 7.13. The van der Waals surface area contributed by atoms with Gasteiger partial charge in [-0.15, -0.1) is 11.3 Å². The molecule has 2 rings (SSSR count). The second-order valence-corrected chi connectivity index (χ2v) is 7.22. The summed E-state index contributed by atoms with van der Waals surface area (Å²) >= 11 is 5.32. The second kappa shape index (κ2) is 7.92. The van der Waals surface area contributed by atoms with Crippen LogP contribution in [0.3, 0.4) is 0 Å². The van der Waals surface area contributed by atoms with Crippen molar-refractivity contribution in [2.45, 2.75) is 26.9 Å². The molecule has 0 amide bonds. The number of hydrogen-bond donors (Lipinski definition) is 1. The molecule has 0 bridgehead atoms. The Balaban J connectivity index is 1.98. The molecule has 5 heteroatoms. The maximum Gasteiger partial charge on any atom is 0.0795 e. The van der Waals surface area contributed by atoms with E-state index in [0.29, 0.717) is 5.92 Å². The van der Waals surface area contributed by atoms with Crippen molar-refractivity contribution < 1.29 is 0 Å². The van der Waals surface area contributed by atoms with Crippen LogP contribution < -0.4 is 10.2 Å². The minimum atomic E-state index is 0.678. The van der Waals surface area contributed by atoms with Crippen LogP contribution in [-0.4, -0.2) is 18.6 Å². The van der Waals surface area contributed by atoms with Crippen molar-refractivity contribution >= 4 is 33.0 Å². The molecule has 0 aliphatic rings. The van der Waals surface area contributed by atoms with Gasteiger partial charge in [-0.1, -0.05) is 19.9 Å². The van der Waals surface area contributed by atoms with Crippen LogP contribution in [-0.2, 0) is 13.1 Å². The molecular weight excluding hydrogens is 346 g/mol. The van der Waals surface area contributed by atoms with Gasteiger partial charge in [0, 0.05) is 23.4 Å². The summed E-state index contributed by atoms with van der Waals surface area (Å²) in [6.45, 7) is 7.22. The van der Waals surface area contributed by atoms with E-state index in [9.17, 15) is 0 Å². The maximum atomic E-state index is 4.34. The van der Waals surface area contributed by atoms with E-state index in [1.807, 2.05) is 5.51 Å². The van der Waals surface area contributed by atoms with Gasteiger partial charge in [0.15, 0.2) is 0 Å². The van der Waals surface area contributed by atoms with Crippen molar-refractivity contribution in [3.8, 4) is 0 Å². The summed E-state index contributed by atoms with van der Waals surface area (Å²) in [7, 11) is 2.09. The Morgan fingerprint density at radius 2 is 2.19 bits per heavy atom. The molecule has 114 valence electrons. The van der Waals surface area contributed by atoms with Gasteiger partial charge < -0.3 is 10.2 Å². The Hall–Kier alpha value is -0.910. The third-order valence-electron chi connectivity index (χ3n) is 3.19. The molecule has 1 aromatic carbocycles. The van der Waals surface area contributed by atoms with Crippen LogP contribution in [0.15, 0.2) is 33.6 Å². The fraction of sp³-hybridized carbons (Fsp3) is 0.438. The van der Waals surface area contributed by atoms with Crippen LogP contribution in [0.5, 0.6) is 0 Å². The number of rotatable bonds is 7. The van der Waals surface area contributed by atoms with E-state index in [0.717, 1.165) is 29.8 Å². The molecule has 1 N–H and O–H groups in total. The average molecular weight is 368 g/mol. The molecule has 0 saturated heterocycles. The Morgan fingerprint density at radius 3 is 2.81 bits per heavy atom. The van der Waals surface area contributed by atoms with Crippen LogP contribution in [0.1, 0.15) is 25.1 Å². The predicted octanol–water partition coefficient (Wildman–Crippen LogP) is 4.29. The van der Waals surface area contributed by atoms with E-state index in [4.69, 9.17) is 0 Å². The molecule has 2 aromatic rings. The van der Waals surface area contributed by atoms with E-state index in [-0.39, 0.29) is 0 Å². The minimum Gasteiger partial charge on any atom is -0.368 e. The summed E-state index contributed by atoms with van der Waals surface area (Å²) < 4.78 is 1.13. The first-order chi connectivity index (χ1) is 10.1. The van der Waals surface area contributed by atoms with Gasteiger partial charge in [-0.3, -0.25) is 0 Å². The first kappa shape index (κ1) is 16.5. The SMILES string of the molecule is CC(C)CNCc1ccc(N(C)Cc2cscn2)c(Br)c1. The molecule has 21 heavy (non-hydrogen) atoms. The van der Waals surface area contributed by atoms with Crippen molar-refractivity contribution in [3.63, 3.8) is 0 Å². The van der Waals surface area contributed by atoms with E-state index in [2.05, 4.69) is 75.6 Å². The Morgan fingerprint density at radius 1 is 1.38 bits per heavy atom. The van der Waals surface area contributed by atoms with Gasteiger partial charge in [0.05, 0.1) is 23.4 Å². The lowest BCUT2D eigenvalue weighted by Crippen LogP contribution is -2.19. The Bertz CT molecular complexity index is 555. The summed E-state index contributed by atoms with van der Waals surface area (Å²) in [6.07, 6.45) is 0. The zero-order valence-electron chi connectivity index (χ0n) is 12.8. The monoisotopic (exact) mass is 367 g/mol. The molecular formula is C16H22BrN3S. The molecule has 1 aromatic heterocycles. The summed E-state index contributed by atoms with van der Waals surface area (Å²) in [6, 6.07) is 6.55. The molecule has 0 fully saturated rings. The van der Waals surface area contributed by atoms with Crippen molar-refractivity contribution in [2.75, 3.05) is 18.5 Å². The highest BCUT2D eigenvalue weighted by molar-refractivity contribution is 9.10. The normalized spacial score (nSPS) is 11.1. The van der Waals surface area contributed by atoms with Gasteiger partial charge in [0.2, 0.25) is 0 Å². The molecule has 0 atom stereocenters. The molecule has 0 aliphatic carbocycles. The molecule has 3 nitrogen and oxygen atoms in total. The van der Waals surface area contributed by atoms with E-state index in [1.165, 1.54) is 11.3 Å². The third kappa shape index (κ3) is 5.09. The lowest BCUT2D eigenvalue weighted by atomic mass is 10.1. The van der Waals surface area contributed by atoms with Gasteiger partial charge in [-0.25, -0.2) is 4.98 Å². The molecule has 1 heterocycles. The third-order valence-corrected chi connectivity index (χ3v) is 4.46. The fourth-order valence-electron chi connectivity index (χ4n) is 2.12. The topological polar surface area (TPSA) is 28.2 Å². The number of hydrogen-bond acceptors (Lipinski definition) is 4. The van der Waals surface area contributed by atoms with Crippen LogP contribution >= 0.6 is 27.3 Å². The highest BCUT2D eigenvalue weighted by Crippen LogP contribution is 2.27. The Kier molecular flexibility index (Phi) is 6.21. The highest BCUT2D eigenvalue weighted by atomic mass is 79.9. The lowest BCUT2D eigenvalue weighted by molar-refractivity contribution is 0.552. The van der Waals surface area contributed by atoms with Crippen LogP contribution in [0, 0.1) is 5.92 Å². The van der Waals surface area contributed by atoms with Crippen LogP contribution in [0.4, 0.5) is 5.69 Å². The van der Waals surface area contributed by atoms with Gasteiger partial charge in [0.25, 0.3) is 0 Å². The first-order valence-corrected chi connectivity index (χ1v) is 8.87. The van der Waals surface area contributed by atoms with Crippen molar-refractivity contribution in [2.24, 2.45) is 5.92 Å². The zero-order chi connectivity index (χ0) is 15.2. The minimum absolute atomic E-state index is 0.678. The molecule has 0 saturated carbocycles. The van der Waals surface area contributed by atoms with Gasteiger partial charge in [-0.05, 0) is 46.1 Å². The quantitative estimate of drug-likeness (QED) is 0.790. The maximum absolute atomic E-state index is 4.34. The number of anilines is 1. The number of nitrogens with zero attached hydrogens (tertiary/aromatic N) is 2. The smallest absolute Gasteiger partial charge is 0.0795 e. The second-order valence-electron chi connectivity index (χ2n) is 5.65. The zero-order valence-corrected chi connectivity index (χ0v) is 15.2. The molecule has 0 radical (unpaired) electrons. The van der Waals surface area contributed by atoms with Crippen molar-refractivity contribution in [1.82, 2.24) is 10.3 Å². The standard InChI is InChI=1S/C16H22BrN3S/c1-12(2)7-18-8-13-4-5-16(15(17)6-13)20(3)9-14-10-21-11-19-14/h4-6,10-12,18H,7-9H2,1-3H3. The Labute approximate surface area is 139 Å². The largest absolute Gasteiger partial charge is 0.368 e. The lowest BCUT2D eigenvalue weighted by Gasteiger charge is -2.20. The van der Waals surface area contributed by atoms with E-state index < -0.39 is 0 Å². The van der Waals surface area contributed by atoms with Gasteiger partial charge >= 0.3 is 0 Å². The number of benzene rings is 1. The summed E-state index contributed by atoms with van der Waals surface area (Å²) in [5.74, 6) is 0.678. The summed E-state index contributed by atoms with van der Waals surface area (Å²) in [5.41, 5.74) is 5.47. The van der Waals surface area contributed by atoms with Gasteiger partial charge in [0.1, 0.15) is 0 Å². The van der Waals surface area contributed by atoms with E-state index in [1.54, 1.807) is 11.3 Å². The summed E-state index contributed by atoms with van der Waals surface area (Å²) in [4.78, 5) is 6.55. The number of thiazole rings is 1. The summed E-state index contributed by atoms with van der Waals surface area (Å²) in [5, 5.41) is 5.56. The number of halogens is 1. The molecule has 0 aliphatic heterocycles. The molecule has 0 spiro atoms. The highest BCUT2D eigenvalue weighted by Gasteiger charge is 2.08. The van der Waals surface area contributed by atoms with Crippen LogP contribution in [0.2, 0.25) is 0 Å². The molecule has 0 unspecified atom stereocenters. The fourth-order valence-corrected chi connectivity index (χ4v) is 3.40. The van der Waals surface area contributed by atoms with Crippen molar-refractivity contribution in [1.29, 1.82) is 0 Å². The van der Waals surface area contributed by atoms with Crippen molar-refractivity contribution in [3.05, 3.63) is 44.8 Å². The number of nitrogens with one attached hydrogen (secondary N) is 1.